The van der Waals surface area contributed by atoms with Gasteiger partial charge in [-0.1, -0.05) is 23.2 Å². The standard InChI is InChI=1S/C22H25Cl2N3O6/c1-6-32-16-11-9-14(24)21(33-7-2)19(16)27-26-17(12(3)28)22(29)25-18-15(30-4)10-8-13(23)20(18)31-5/h8-11,17H,6-7H2,1-5H3,(H,25,29). The number of ketones is 1. The van der Waals surface area contributed by atoms with E-state index in [0.717, 1.165) is 0 Å². The van der Waals surface area contributed by atoms with Crippen LogP contribution in [0.25, 0.3) is 0 Å². The summed E-state index contributed by atoms with van der Waals surface area (Å²) in [6.07, 6.45) is 0. The number of nitrogens with one attached hydrogen (secondary N) is 1. The Morgan fingerprint density at radius 2 is 1.55 bits per heavy atom. The molecule has 0 aliphatic rings. The Kier molecular flexibility index (Phi) is 9.74. The van der Waals surface area contributed by atoms with Crippen molar-refractivity contribution in [3.05, 3.63) is 34.3 Å². The molecule has 178 valence electrons. The van der Waals surface area contributed by atoms with Crippen LogP contribution in [0.4, 0.5) is 11.4 Å². The number of anilines is 1. The average Bonchev–Trinajstić information content (AvgIpc) is 2.78. The molecule has 0 bridgehead atoms. The lowest BCUT2D eigenvalue weighted by Crippen LogP contribution is -2.32. The first kappa shape index (κ1) is 26.2. The number of carbonyl (C=O) groups is 2. The lowest BCUT2D eigenvalue weighted by molar-refractivity contribution is -0.126. The fraction of sp³-hybridized carbons (Fsp3) is 0.364. The van der Waals surface area contributed by atoms with Gasteiger partial charge >= 0.3 is 0 Å². The number of benzene rings is 2. The first-order valence-electron chi connectivity index (χ1n) is 9.99. The van der Waals surface area contributed by atoms with Gasteiger partial charge in [0.05, 0.1) is 37.5 Å². The molecule has 9 nitrogen and oxygen atoms in total. The van der Waals surface area contributed by atoms with Gasteiger partial charge in [-0.05, 0) is 45.0 Å². The number of halogens is 2. The lowest BCUT2D eigenvalue weighted by Gasteiger charge is -2.17. The van der Waals surface area contributed by atoms with E-state index in [1.54, 1.807) is 38.1 Å². The smallest absolute Gasteiger partial charge is 0.259 e. The van der Waals surface area contributed by atoms with Crippen LogP contribution in [-0.4, -0.2) is 45.2 Å². The van der Waals surface area contributed by atoms with Gasteiger partial charge in [0.1, 0.15) is 11.4 Å². The Hall–Kier alpha value is -3.04. The molecule has 0 radical (unpaired) electrons. The van der Waals surface area contributed by atoms with Crippen molar-refractivity contribution in [2.24, 2.45) is 10.2 Å². The summed E-state index contributed by atoms with van der Waals surface area (Å²) in [6.45, 7) is 5.46. The first-order chi connectivity index (χ1) is 15.8. The topological polar surface area (TPSA) is 108 Å². The van der Waals surface area contributed by atoms with Gasteiger partial charge in [0.2, 0.25) is 6.04 Å². The third kappa shape index (κ3) is 6.27. The molecule has 0 spiro atoms. The lowest BCUT2D eigenvalue weighted by atomic mass is 10.2. The fourth-order valence-electron chi connectivity index (χ4n) is 2.83. The van der Waals surface area contributed by atoms with E-state index in [1.807, 2.05) is 0 Å². The van der Waals surface area contributed by atoms with Gasteiger partial charge in [0.25, 0.3) is 5.91 Å². The number of methoxy groups -OCH3 is 2. The molecule has 0 saturated carbocycles. The molecule has 1 N–H and O–H groups in total. The quantitative estimate of drug-likeness (QED) is 0.324. The largest absolute Gasteiger partial charge is 0.494 e. The Morgan fingerprint density at radius 3 is 2.09 bits per heavy atom. The summed E-state index contributed by atoms with van der Waals surface area (Å²) < 4.78 is 21.7. The zero-order chi connectivity index (χ0) is 24.5. The second-order valence-corrected chi connectivity index (χ2v) is 7.28. The van der Waals surface area contributed by atoms with E-state index in [9.17, 15) is 9.59 Å². The molecule has 0 aliphatic carbocycles. The maximum atomic E-state index is 13.0. The van der Waals surface area contributed by atoms with Crippen LogP contribution in [0, 0.1) is 0 Å². The molecule has 2 aromatic carbocycles. The fourth-order valence-corrected chi connectivity index (χ4v) is 3.27. The van der Waals surface area contributed by atoms with Crippen molar-refractivity contribution in [2.75, 3.05) is 32.8 Å². The molecule has 0 saturated heterocycles. The molecule has 0 heterocycles. The van der Waals surface area contributed by atoms with Gasteiger partial charge in [-0.15, -0.1) is 5.11 Å². The number of azo groups is 1. The third-order valence-corrected chi connectivity index (χ3v) is 4.88. The molecule has 0 fully saturated rings. The van der Waals surface area contributed by atoms with Crippen LogP contribution >= 0.6 is 23.2 Å². The van der Waals surface area contributed by atoms with Crippen molar-refractivity contribution in [1.29, 1.82) is 0 Å². The van der Waals surface area contributed by atoms with Crippen LogP contribution in [0.5, 0.6) is 23.0 Å². The van der Waals surface area contributed by atoms with E-state index in [2.05, 4.69) is 15.5 Å². The van der Waals surface area contributed by atoms with Crippen LogP contribution in [0.1, 0.15) is 20.8 Å². The summed E-state index contributed by atoms with van der Waals surface area (Å²) in [7, 11) is 2.81. The summed E-state index contributed by atoms with van der Waals surface area (Å²) in [6, 6.07) is 4.83. The predicted molar refractivity (Wildman–Crippen MR) is 126 cm³/mol. The normalized spacial score (nSPS) is 11.7. The number of hydrogen-bond donors (Lipinski definition) is 1. The number of ether oxygens (including phenoxy) is 4. The Balaban J connectivity index is 2.46. The van der Waals surface area contributed by atoms with Crippen molar-refractivity contribution in [2.45, 2.75) is 26.8 Å². The summed E-state index contributed by atoms with van der Waals surface area (Å²) in [4.78, 5) is 25.3. The van der Waals surface area contributed by atoms with Crippen LogP contribution in [0.2, 0.25) is 10.0 Å². The van der Waals surface area contributed by atoms with Crippen LogP contribution in [-0.2, 0) is 9.59 Å². The third-order valence-electron chi connectivity index (χ3n) is 4.29. The van der Waals surface area contributed by atoms with Gasteiger partial charge in [-0.25, -0.2) is 0 Å². The van der Waals surface area contributed by atoms with Crippen molar-refractivity contribution < 1.29 is 28.5 Å². The molecule has 0 aliphatic heterocycles. The van der Waals surface area contributed by atoms with E-state index >= 15 is 0 Å². The number of nitrogens with zero attached hydrogens (tertiary/aromatic N) is 2. The molecular formula is C22H25Cl2N3O6. The monoisotopic (exact) mass is 497 g/mol. The highest BCUT2D eigenvalue weighted by Gasteiger charge is 2.27. The molecule has 11 heteroatoms. The maximum Gasteiger partial charge on any atom is 0.259 e. The van der Waals surface area contributed by atoms with Crippen molar-refractivity contribution >= 4 is 46.3 Å². The Labute approximate surface area is 202 Å². The molecule has 1 unspecified atom stereocenters. The van der Waals surface area contributed by atoms with E-state index in [-0.39, 0.29) is 38.7 Å². The maximum absolute atomic E-state index is 13.0. The van der Waals surface area contributed by atoms with Gasteiger partial charge in [0, 0.05) is 0 Å². The summed E-state index contributed by atoms with van der Waals surface area (Å²) >= 11 is 12.4. The van der Waals surface area contributed by atoms with Crippen LogP contribution in [0.3, 0.4) is 0 Å². The van der Waals surface area contributed by atoms with Crippen molar-refractivity contribution in [3.8, 4) is 23.0 Å². The van der Waals surface area contributed by atoms with Gasteiger partial charge < -0.3 is 24.3 Å². The second kappa shape index (κ2) is 12.3. The van der Waals surface area contributed by atoms with Gasteiger partial charge in [-0.3, -0.25) is 9.59 Å². The molecule has 2 rings (SSSR count). The summed E-state index contributed by atoms with van der Waals surface area (Å²) in [5.74, 6) is -0.270. The zero-order valence-electron chi connectivity index (χ0n) is 18.9. The molecular weight excluding hydrogens is 473 g/mol. The highest BCUT2D eigenvalue weighted by Crippen LogP contribution is 2.43. The number of Topliss-reactive ketones (excluding diaryl/α,β-unsaturated/α-hetero) is 1. The minimum Gasteiger partial charge on any atom is -0.494 e. The van der Waals surface area contributed by atoms with Gasteiger partial charge in [0.15, 0.2) is 28.7 Å². The minimum absolute atomic E-state index is 0.159. The number of carbonyl (C=O) groups excluding carboxylic acids is 2. The average molecular weight is 498 g/mol. The Bertz CT molecular complexity index is 1050. The molecule has 1 atom stereocenters. The first-order valence-corrected chi connectivity index (χ1v) is 10.7. The van der Waals surface area contributed by atoms with Crippen LogP contribution in [0.15, 0.2) is 34.5 Å². The zero-order valence-corrected chi connectivity index (χ0v) is 20.4. The molecule has 33 heavy (non-hydrogen) atoms. The van der Waals surface area contributed by atoms with E-state index < -0.39 is 17.7 Å². The predicted octanol–water partition coefficient (Wildman–Crippen LogP) is 5.49. The van der Waals surface area contributed by atoms with E-state index in [4.69, 9.17) is 42.1 Å². The summed E-state index contributed by atoms with van der Waals surface area (Å²) in [5.41, 5.74) is 0.329. The molecule has 2 aromatic rings. The molecule has 1 amide bonds. The Morgan fingerprint density at radius 1 is 0.939 bits per heavy atom. The number of rotatable bonds is 11. The number of hydrogen-bond acceptors (Lipinski definition) is 8. The number of amides is 1. The molecule has 0 aromatic heterocycles. The van der Waals surface area contributed by atoms with Crippen LogP contribution < -0.4 is 24.3 Å². The van der Waals surface area contributed by atoms with E-state index in [0.29, 0.717) is 19.0 Å². The van der Waals surface area contributed by atoms with E-state index in [1.165, 1.54) is 21.1 Å². The highest BCUT2D eigenvalue weighted by molar-refractivity contribution is 6.33. The van der Waals surface area contributed by atoms with Gasteiger partial charge in [-0.2, -0.15) is 5.11 Å². The summed E-state index contributed by atoms with van der Waals surface area (Å²) in [5, 5.41) is 11.2. The second-order valence-electron chi connectivity index (χ2n) is 6.47. The minimum atomic E-state index is -1.48. The van der Waals surface area contributed by atoms with Crippen molar-refractivity contribution in [3.63, 3.8) is 0 Å². The van der Waals surface area contributed by atoms with Crippen molar-refractivity contribution in [1.82, 2.24) is 0 Å². The SMILES string of the molecule is CCOc1ccc(Cl)c(OCC)c1N=NC(C(C)=O)C(=O)Nc1c(OC)ccc(Cl)c1OC. The highest BCUT2D eigenvalue weighted by atomic mass is 35.5.